The molecule has 1 amide bonds. The van der Waals surface area contributed by atoms with Crippen LogP contribution in [-0.2, 0) is 6.42 Å². The van der Waals surface area contributed by atoms with Gasteiger partial charge >= 0.3 is 0 Å². The van der Waals surface area contributed by atoms with Gasteiger partial charge in [0.15, 0.2) is 5.65 Å². The molecule has 138 valence electrons. The van der Waals surface area contributed by atoms with Crippen LogP contribution in [0.2, 0.25) is 0 Å². The zero-order valence-corrected chi connectivity index (χ0v) is 15.2. The molecule has 1 aliphatic carbocycles. The third-order valence-electron chi connectivity index (χ3n) is 5.26. The molecule has 0 fully saturated rings. The molecule has 2 heterocycles. The van der Waals surface area contributed by atoms with Crippen molar-refractivity contribution >= 4 is 17.1 Å². The summed E-state index contributed by atoms with van der Waals surface area (Å²) >= 11 is 0. The van der Waals surface area contributed by atoms with Gasteiger partial charge in [-0.15, -0.1) is 5.10 Å². The predicted octanol–water partition coefficient (Wildman–Crippen LogP) is 3.62. The van der Waals surface area contributed by atoms with Gasteiger partial charge in [-0.1, -0.05) is 29.5 Å². The maximum Gasteiger partial charge on any atom is 0.251 e. The maximum absolute atomic E-state index is 12.8. The molecule has 0 aliphatic heterocycles. The lowest BCUT2D eigenvalue weighted by Crippen LogP contribution is -2.30. The minimum absolute atomic E-state index is 0.0603. The van der Waals surface area contributed by atoms with E-state index in [-0.39, 0.29) is 11.9 Å². The number of carbonyl (C=O) groups is 1. The molecule has 0 spiro atoms. The number of nitrogens with zero attached hydrogens (tertiary/aromatic N) is 4. The van der Waals surface area contributed by atoms with Crippen molar-refractivity contribution in [2.45, 2.75) is 25.3 Å². The molecule has 1 atom stereocenters. The Balaban J connectivity index is 1.37. The third-order valence-corrected chi connectivity index (χ3v) is 5.26. The fourth-order valence-electron chi connectivity index (χ4n) is 3.84. The lowest BCUT2D eigenvalue weighted by atomic mass is 9.87. The Morgan fingerprint density at radius 3 is 2.79 bits per heavy atom. The van der Waals surface area contributed by atoms with Crippen molar-refractivity contribution < 1.29 is 4.79 Å². The predicted molar refractivity (Wildman–Crippen MR) is 106 cm³/mol. The zero-order valence-electron chi connectivity index (χ0n) is 15.2. The highest BCUT2D eigenvalue weighted by Gasteiger charge is 2.22. The molecule has 0 saturated heterocycles. The monoisotopic (exact) mass is 369 g/mol. The summed E-state index contributed by atoms with van der Waals surface area (Å²) in [4.78, 5) is 17.1. The van der Waals surface area contributed by atoms with Gasteiger partial charge in [0, 0.05) is 11.8 Å². The van der Waals surface area contributed by atoms with Crippen LogP contribution in [0.1, 0.15) is 40.4 Å². The van der Waals surface area contributed by atoms with Crippen LogP contribution in [0.15, 0.2) is 66.9 Å². The average Bonchev–Trinajstić information content (AvgIpc) is 3.18. The minimum atomic E-state index is -0.0603. The van der Waals surface area contributed by atoms with Gasteiger partial charge in [0.1, 0.15) is 5.52 Å². The van der Waals surface area contributed by atoms with Gasteiger partial charge in [-0.05, 0) is 66.8 Å². The maximum atomic E-state index is 12.8. The number of nitrogens with one attached hydrogen (secondary N) is 1. The van der Waals surface area contributed by atoms with Gasteiger partial charge < -0.3 is 5.32 Å². The summed E-state index contributed by atoms with van der Waals surface area (Å²) < 4.78 is 1.67. The first-order chi connectivity index (χ1) is 13.8. The van der Waals surface area contributed by atoms with Crippen LogP contribution in [0.25, 0.3) is 16.9 Å². The normalized spacial score (nSPS) is 15.9. The second-order valence-electron chi connectivity index (χ2n) is 7.01. The number of carbonyl (C=O) groups excluding carboxylic acids is 1. The summed E-state index contributed by atoms with van der Waals surface area (Å²) in [6.07, 6.45) is 4.86. The molecule has 28 heavy (non-hydrogen) atoms. The number of amides is 1. The first-order valence-electron chi connectivity index (χ1n) is 9.45. The molecule has 0 radical (unpaired) electrons. The summed E-state index contributed by atoms with van der Waals surface area (Å²) in [5, 5.41) is 11.5. The number of fused-ring (bicyclic) bond motifs is 2. The van der Waals surface area contributed by atoms with Crippen molar-refractivity contribution in [2.24, 2.45) is 0 Å². The molecule has 0 saturated carbocycles. The number of pyridine rings is 1. The van der Waals surface area contributed by atoms with Crippen LogP contribution < -0.4 is 5.32 Å². The number of benzene rings is 2. The smallest absolute Gasteiger partial charge is 0.251 e. The topological polar surface area (TPSA) is 72.7 Å². The molecule has 6 nitrogen and oxygen atoms in total. The van der Waals surface area contributed by atoms with E-state index < -0.39 is 0 Å². The number of aryl methyl sites for hydroxylation is 1. The van der Waals surface area contributed by atoms with Crippen molar-refractivity contribution in [3.8, 4) is 5.69 Å². The average molecular weight is 369 g/mol. The summed E-state index contributed by atoms with van der Waals surface area (Å²) in [6, 6.07) is 19.5. The van der Waals surface area contributed by atoms with E-state index in [1.54, 1.807) is 10.9 Å². The Morgan fingerprint density at radius 2 is 1.89 bits per heavy atom. The van der Waals surface area contributed by atoms with Crippen LogP contribution in [0.3, 0.4) is 0 Å². The third kappa shape index (κ3) is 2.93. The molecular formula is C22H19N5O. The van der Waals surface area contributed by atoms with Gasteiger partial charge in [0.25, 0.3) is 5.91 Å². The Labute approximate surface area is 162 Å². The standard InChI is InChI=1S/C22H19N5O/c28-22(24-19-8-3-6-15-5-1-2-7-18(15)19)16-10-12-17(13-11-16)27-21-20(25-26-27)9-4-14-23-21/h1-2,4-5,7,9-14,19H,3,6,8H2,(H,24,28)/t19-/m1/s1. The number of hydrogen-bond donors (Lipinski definition) is 1. The van der Waals surface area contributed by atoms with Crippen LogP contribution in [-0.4, -0.2) is 25.9 Å². The summed E-state index contributed by atoms with van der Waals surface area (Å²) in [5.74, 6) is -0.0603. The van der Waals surface area contributed by atoms with Crippen LogP contribution in [0, 0.1) is 0 Å². The number of hydrogen-bond acceptors (Lipinski definition) is 4. The summed E-state index contributed by atoms with van der Waals surface area (Å²) in [7, 11) is 0. The van der Waals surface area contributed by atoms with E-state index in [4.69, 9.17) is 0 Å². The van der Waals surface area contributed by atoms with Gasteiger partial charge in [-0.25, -0.2) is 4.98 Å². The van der Waals surface area contributed by atoms with Gasteiger partial charge in [0.2, 0.25) is 0 Å². The quantitative estimate of drug-likeness (QED) is 0.599. The lowest BCUT2D eigenvalue weighted by molar-refractivity contribution is 0.0933. The van der Waals surface area contributed by atoms with E-state index in [0.717, 1.165) is 30.5 Å². The van der Waals surface area contributed by atoms with E-state index >= 15 is 0 Å². The molecule has 0 unspecified atom stereocenters. The zero-order chi connectivity index (χ0) is 18.9. The fourth-order valence-corrected chi connectivity index (χ4v) is 3.84. The van der Waals surface area contributed by atoms with E-state index in [0.29, 0.717) is 11.2 Å². The summed E-state index contributed by atoms with van der Waals surface area (Å²) in [6.45, 7) is 0. The number of aromatic nitrogens is 4. The van der Waals surface area contributed by atoms with Crippen LogP contribution >= 0.6 is 0 Å². The Hall–Kier alpha value is -3.54. The highest BCUT2D eigenvalue weighted by molar-refractivity contribution is 5.94. The molecule has 1 N–H and O–H groups in total. The molecule has 5 rings (SSSR count). The molecular weight excluding hydrogens is 350 g/mol. The van der Waals surface area contributed by atoms with Gasteiger partial charge in [-0.2, -0.15) is 4.68 Å². The second kappa shape index (κ2) is 6.88. The van der Waals surface area contributed by atoms with E-state index in [2.05, 4.69) is 38.8 Å². The molecule has 6 heteroatoms. The largest absolute Gasteiger partial charge is 0.345 e. The summed E-state index contributed by atoms with van der Waals surface area (Å²) in [5.41, 5.74) is 5.45. The Bertz CT molecular complexity index is 1150. The molecule has 1 aliphatic rings. The second-order valence-corrected chi connectivity index (χ2v) is 7.01. The van der Waals surface area contributed by atoms with Crippen LogP contribution in [0.5, 0.6) is 0 Å². The van der Waals surface area contributed by atoms with E-state index in [9.17, 15) is 4.79 Å². The molecule has 2 aromatic heterocycles. The van der Waals surface area contributed by atoms with Crippen molar-refractivity contribution in [3.05, 3.63) is 83.6 Å². The van der Waals surface area contributed by atoms with E-state index in [1.807, 2.05) is 42.5 Å². The van der Waals surface area contributed by atoms with Gasteiger partial charge in [0.05, 0.1) is 11.7 Å². The lowest BCUT2D eigenvalue weighted by Gasteiger charge is -2.26. The first kappa shape index (κ1) is 16.6. The Kier molecular flexibility index (Phi) is 4.09. The minimum Gasteiger partial charge on any atom is -0.345 e. The number of rotatable bonds is 3. The van der Waals surface area contributed by atoms with Crippen molar-refractivity contribution in [3.63, 3.8) is 0 Å². The fraction of sp³-hybridized carbons (Fsp3) is 0.182. The Morgan fingerprint density at radius 1 is 1.04 bits per heavy atom. The SMILES string of the molecule is O=C(N[C@@H]1CCCc2ccccc21)c1ccc(-n2nnc3cccnc32)cc1. The molecule has 4 aromatic rings. The van der Waals surface area contributed by atoms with Crippen molar-refractivity contribution in [1.82, 2.24) is 25.3 Å². The molecule has 0 bridgehead atoms. The highest BCUT2D eigenvalue weighted by atomic mass is 16.1. The highest BCUT2D eigenvalue weighted by Crippen LogP contribution is 2.29. The first-order valence-corrected chi connectivity index (χ1v) is 9.45. The van der Waals surface area contributed by atoms with Crippen LogP contribution in [0.4, 0.5) is 0 Å². The van der Waals surface area contributed by atoms with Crippen molar-refractivity contribution in [1.29, 1.82) is 0 Å². The van der Waals surface area contributed by atoms with Gasteiger partial charge in [-0.3, -0.25) is 4.79 Å². The van der Waals surface area contributed by atoms with Crippen molar-refractivity contribution in [2.75, 3.05) is 0 Å². The van der Waals surface area contributed by atoms with E-state index in [1.165, 1.54) is 11.1 Å². The molecule has 2 aromatic carbocycles.